The number of benzene rings is 2. The van der Waals surface area contributed by atoms with Crippen molar-refractivity contribution in [3.8, 4) is 18.0 Å². The fraction of sp³-hybridized carbons (Fsp3) is 0.348. The number of nitrogens with zero attached hydrogens (tertiary/aromatic N) is 5. The number of hydrogen-bond donors (Lipinski definition) is 1. The van der Waals surface area contributed by atoms with E-state index >= 15 is 0 Å². The number of fused-ring (bicyclic) bond motifs is 1. The average molecular weight is 401 g/mol. The van der Waals surface area contributed by atoms with Crippen LogP contribution in [0.4, 0.5) is 0 Å². The highest BCUT2D eigenvalue weighted by Gasteiger charge is 2.48. The van der Waals surface area contributed by atoms with E-state index in [1.807, 2.05) is 60.2 Å². The van der Waals surface area contributed by atoms with Gasteiger partial charge in [-0.2, -0.15) is 10.5 Å². The number of nitriles is 2. The maximum absolute atomic E-state index is 11.2. The van der Waals surface area contributed by atoms with E-state index in [1.54, 1.807) is 18.2 Å². The minimum atomic E-state index is -0.875. The van der Waals surface area contributed by atoms with Gasteiger partial charge in [-0.3, -0.25) is 0 Å². The fourth-order valence-electron chi connectivity index (χ4n) is 4.18. The summed E-state index contributed by atoms with van der Waals surface area (Å²) in [6.45, 7) is 5.57. The van der Waals surface area contributed by atoms with Crippen LogP contribution in [0.5, 0.6) is 5.75 Å². The molecule has 0 aliphatic carbocycles. The molecule has 2 aliphatic rings. The molecule has 2 aromatic carbocycles. The molecule has 0 spiro atoms. The molecular formula is C23H23N5O2. The molecule has 0 aromatic heterocycles. The number of hydrogen-bond acceptors (Lipinski definition) is 5. The normalized spacial score (nSPS) is 23.4. The Morgan fingerprint density at radius 2 is 1.93 bits per heavy atom. The first-order chi connectivity index (χ1) is 14.4. The van der Waals surface area contributed by atoms with Gasteiger partial charge >= 0.3 is 0 Å². The number of aliphatic hydroxyl groups is 1. The fourth-order valence-corrected chi connectivity index (χ4v) is 4.18. The lowest BCUT2D eigenvalue weighted by atomic mass is 9.85. The van der Waals surface area contributed by atoms with Crippen LogP contribution in [0.25, 0.3) is 0 Å². The Morgan fingerprint density at radius 1 is 1.17 bits per heavy atom. The van der Waals surface area contributed by atoms with E-state index in [2.05, 4.69) is 11.1 Å². The van der Waals surface area contributed by atoms with Crippen molar-refractivity contribution in [3.63, 3.8) is 0 Å². The van der Waals surface area contributed by atoms with Crippen LogP contribution in [0.1, 0.15) is 36.6 Å². The third-order valence-electron chi connectivity index (χ3n) is 5.69. The van der Waals surface area contributed by atoms with E-state index in [-0.39, 0.29) is 0 Å². The van der Waals surface area contributed by atoms with Gasteiger partial charge in [0.05, 0.1) is 17.7 Å². The van der Waals surface area contributed by atoms with Crippen LogP contribution in [0.2, 0.25) is 0 Å². The van der Waals surface area contributed by atoms with Crippen molar-refractivity contribution in [2.24, 2.45) is 4.99 Å². The summed E-state index contributed by atoms with van der Waals surface area (Å²) in [5.41, 5.74) is 1.50. The number of rotatable bonds is 3. The molecule has 152 valence electrons. The predicted molar refractivity (Wildman–Crippen MR) is 111 cm³/mol. The summed E-state index contributed by atoms with van der Waals surface area (Å²) in [5, 5.41) is 29.9. The summed E-state index contributed by atoms with van der Waals surface area (Å²) in [6, 6.07) is 16.9. The Kier molecular flexibility index (Phi) is 5.07. The summed E-state index contributed by atoms with van der Waals surface area (Å²) < 4.78 is 6.03. The van der Waals surface area contributed by atoms with Crippen LogP contribution in [0, 0.1) is 22.8 Å². The van der Waals surface area contributed by atoms with E-state index < -0.39 is 17.7 Å². The summed E-state index contributed by atoms with van der Waals surface area (Å²) in [7, 11) is 0. The molecule has 4 rings (SSSR count). The Hall–Kier alpha value is -3.55. The Morgan fingerprint density at radius 3 is 2.63 bits per heavy atom. The van der Waals surface area contributed by atoms with Crippen LogP contribution in [-0.4, -0.2) is 45.7 Å². The summed E-state index contributed by atoms with van der Waals surface area (Å²) in [6.07, 6.45) is 1.04. The van der Waals surface area contributed by atoms with Gasteiger partial charge in [-0.25, -0.2) is 0 Å². The molecule has 2 atom stereocenters. The monoisotopic (exact) mass is 401 g/mol. The highest BCUT2D eigenvalue weighted by Crippen LogP contribution is 2.44. The predicted octanol–water partition coefficient (Wildman–Crippen LogP) is 2.79. The molecule has 30 heavy (non-hydrogen) atoms. The zero-order chi connectivity index (χ0) is 21.3. The standard InChI is InChI=1S/C23H23N5O2/c1-23(2)21(29)20(18-12-17(13-24)8-9-19(18)30-23)28-11-10-27(22(28)26-15-25)14-16-6-4-3-5-7-16/h3-9,12,20-21,29H,10-11,14H2,1-2H3/t20-,21?/m1/s1. The van der Waals surface area contributed by atoms with E-state index in [9.17, 15) is 15.6 Å². The molecule has 2 aliphatic heterocycles. The second-order valence-electron chi connectivity index (χ2n) is 8.07. The van der Waals surface area contributed by atoms with E-state index in [0.717, 1.165) is 11.1 Å². The van der Waals surface area contributed by atoms with Crippen LogP contribution >= 0.6 is 0 Å². The molecule has 0 saturated carbocycles. The van der Waals surface area contributed by atoms with Gasteiger partial charge in [-0.05, 0) is 37.6 Å². The van der Waals surface area contributed by atoms with E-state index in [4.69, 9.17) is 4.74 Å². The van der Waals surface area contributed by atoms with Gasteiger partial charge in [-0.1, -0.05) is 30.3 Å². The summed E-state index contributed by atoms with van der Waals surface area (Å²) in [5.74, 6) is 1.16. The number of aliphatic hydroxyl groups excluding tert-OH is 1. The van der Waals surface area contributed by atoms with Gasteiger partial charge < -0.3 is 19.6 Å². The Labute approximate surface area is 176 Å². The first kappa shape index (κ1) is 19.8. The summed E-state index contributed by atoms with van der Waals surface area (Å²) in [4.78, 5) is 8.12. The number of guanidine groups is 1. The molecule has 7 nitrogen and oxygen atoms in total. The molecule has 7 heteroatoms. The lowest BCUT2D eigenvalue weighted by Gasteiger charge is -2.45. The maximum atomic E-state index is 11.2. The quantitative estimate of drug-likeness (QED) is 0.795. The minimum Gasteiger partial charge on any atom is -0.485 e. The topological polar surface area (TPSA) is 95.9 Å². The highest BCUT2D eigenvalue weighted by molar-refractivity contribution is 5.83. The second kappa shape index (κ2) is 7.70. The molecule has 1 N–H and O–H groups in total. The molecule has 2 heterocycles. The molecular weight excluding hydrogens is 378 g/mol. The molecule has 0 amide bonds. The van der Waals surface area contributed by atoms with Crippen molar-refractivity contribution in [1.82, 2.24) is 9.80 Å². The van der Waals surface area contributed by atoms with Crippen molar-refractivity contribution in [2.45, 2.75) is 38.1 Å². The van der Waals surface area contributed by atoms with Gasteiger partial charge in [0.2, 0.25) is 12.2 Å². The van der Waals surface area contributed by atoms with Gasteiger partial charge in [-0.15, -0.1) is 4.99 Å². The first-order valence-electron chi connectivity index (χ1n) is 9.88. The zero-order valence-corrected chi connectivity index (χ0v) is 17.0. The number of aliphatic imine (C=N–C) groups is 1. The third-order valence-corrected chi connectivity index (χ3v) is 5.69. The van der Waals surface area contributed by atoms with Crippen molar-refractivity contribution >= 4 is 5.96 Å². The molecule has 1 saturated heterocycles. The summed E-state index contributed by atoms with van der Waals surface area (Å²) >= 11 is 0. The second-order valence-corrected chi connectivity index (χ2v) is 8.07. The van der Waals surface area contributed by atoms with Gasteiger partial charge in [0.15, 0.2) is 0 Å². The molecule has 1 fully saturated rings. The average Bonchev–Trinajstić information content (AvgIpc) is 3.11. The minimum absolute atomic E-state index is 0.482. The lowest BCUT2D eigenvalue weighted by molar-refractivity contribution is -0.0801. The highest BCUT2D eigenvalue weighted by atomic mass is 16.5. The van der Waals surface area contributed by atoms with E-state index in [0.29, 0.717) is 36.9 Å². The van der Waals surface area contributed by atoms with Gasteiger partial charge in [0, 0.05) is 25.2 Å². The van der Waals surface area contributed by atoms with Crippen LogP contribution in [0.15, 0.2) is 53.5 Å². The van der Waals surface area contributed by atoms with Crippen molar-refractivity contribution < 1.29 is 9.84 Å². The Bertz CT molecular complexity index is 1050. The number of ether oxygens (including phenoxy) is 1. The molecule has 0 radical (unpaired) electrons. The van der Waals surface area contributed by atoms with Crippen LogP contribution in [-0.2, 0) is 6.54 Å². The maximum Gasteiger partial charge on any atom is 0.213 e. The van der Waals surface area contributed by atoms with Crippen molar-refractivity contribution in [1.29, 1.82) is 10.5 Å². The zero-order valence-electron chi connectivity index (χ0n) is 17.0. The van der Waals surface area contributed by atoms with Crippen LogP contribution in [0.3, 0.4) is 0 Å². The van der Waals surface area contributed by atoms with Crippen LogP contribution < -0.4 is 4.74 Å². The van der Waals surface area contributed by atoms with Gasteiger partial charge in [0.1, 0.15) is 17.5 Å². The first-order valence-corrected chi connectivity index (χ1v) is 9.88. The van der Waals surface area contributed by atoms with Gasteiger partial charge in [0.25, 0.3) is 0 Å². The van der Waals surface area contributed by atoms with Crippen molar-refractivity contribution in [3.05, 3.63) is 65.2 Å². The van der Waals surface area contributed by atoms with Crippen molar-refractivity contribution in [2.75, 3.05) is 13.1 Å². The molecule has 1 unspecified atom stereocenters. The molecule has 2 aromatic rings. The third kappa shape index (κ3) is 3.45. The smallest absolute Gasteiger partial charge is 0.213 e. The van der Waals surface area contributed by atoms with E-state index in [1.165, 1.54) is 0 Å². The largest absolute Gasteiger partial charge is 0.485 e. The molecule has 0 bridgehead atoms. The SMILES string of the molecule is CC1(C)Oc2ccc(C#N)cc2[C@@H](N2CCN(Cc3ccccc3)C2=NC#N)C1O. The lowest BCUT2D eigenvalue weighted by Crippen LogP contribution is -2.54. The Balaban J connectivity index is 1.74.